The molecule has 0 bridgehead atoms. The molecule has 132 valence electrons. The molecule has 1 aromatic carbocycles. The molecule has 25 heavy (non-hydrogen) atoms. The molecule has 1 spiro atoms. The third-order valence-corrected chi connectivity index (χ3v) is 5.68. The molecule has 0 aliphatic carbocycles. The second-order valence-corrected chi connectivity index (χ2v) is 7.20. The molecule has 1 amide bonds. The van der Waals surface area contributed by atoms with Crippen molar-refractivity contribution in [1.82, 2.24) is 4.90 Å². The maximum Gasteiger partial charge on any atom is 0.223 e. The van der Waals surface area contributed by atoms with E-state index in [1.165, 1.54) is 0 Å². The monoisotopic (exact) mass is 339 g/mol. The Hall–Kier alpha value is -2.07. The predicted octanol–water partition coefficient (Wildman–Crippen LogP) is 3.97. The Morgan fingerprint density at radius 3 is 2.52 bits per heavy atom. The lowest BCUT2D eigenvalue weighted by Gasteiger charge is -2.39. The Bertz CT molecular complexity index is 679. The normalized spacial score (nSPS) is 20.7. The summed E-state index contributed by atoms with van der Waals surface area (Å²) in [5.41, 5.74) is 1.18. The quantitative estimate of drug-likeness (QED) is 0.846. The number of nitrogens with zero attached hydrogens (tertiary/aromatic N) is 1. The Morgan fingerprint density at radius 1 is 1.08 bits per heavy atom. The van der Waals surface area contributed by atoms with Gasteiger partial charge in [-0.15, -0.1) is 0 Å². The Labute approximate surface area is 148 Å². The van der Waals surface area contributed by atoms with E-state index in [0.29, 0.717) is 6.42 Å². The number of amides is 1. The fourth-order valence-corrected chi connectivity index (χ4v) is 4.17. The number of furan rings is 1. The number of piperidine rings is 1. The molecule has 3 heterocycles. The van der Waals surface area contributed by atoms with Crippen LogP contribution in [0.15, 0.2) is 53.1 Å². The zero-order valence-corrected chi connectivity index (χ0v) is 14.5. The van der Waals surface area contributed by atoms with Gasteiger partial charge in [-0.2, -0.15) is 0 Å². The molecule has 4 nitrogen and oxygen atoms in total. The minimum Gasteiger partial charge on any atom is -0.469 e. The number of likely N-dealkylation sites (tertiary alicyclic amines) is 1. The van der Waals surface area contributed by atoms with E-state index in [0.717, 1.165) is 56.7 Å². The lowest BCUT2D eigenvalue weighted by atomic mass is 9.87. The van der Waals surface area contributed by atoms with Crippen LogP contribution >= 0.6 is 0 Å². The van der Waals surface area contributed by atoms with Gasteiger partial charge in [0.15, 0.2) is 0 Å². The molecule has 2 aliphatic rings. The molecule has 2 fully saturated rings. The average Bonchev–Trinajstić information content (AvgIpc) is 3.33. The predicted molar refractivity (Wildman–Crippen MR) is 95.3 cm³/mol. The van der Waals surface area contributed by atoms with Crippen LogP contribution in [-0.2, 0) is 9.53 Å². The van der Waals surface area contributed by atoms with Crippen LogP contribution in [0.3, 0.4) is 0 Å². The SMILES string of the molecule is O=C(C[C@@H](c1ccccc1)c1ccco1)N1CCC2(CCCO2)CC1. The van der Waals surface area contributed by atoms with Crippen molar-refractivity contribution >= 4 is 5.91 Å². The minimum absolute atomic E-state index is 0.0256. The maximum atomic E-state index is 12.9. The van der Waals surface area contributed by atoms with E-state index in [2.05, 4.69) is 12.1 Å². The van der Waals surface area contributed by atoms with Crippen LogP contribution in [0, 0.1) is 0 Å². The van der Waals surface area contributed by atoms with Crippen molar-refractivity contribution in [3.8, 4) is 0 Å². The Kier molecular flexibility index (Phi) is 4.62. The van der Waals surface area contributed by atoms with Crippen LogP contribution in [0.4, 0.5) is 0 Å². The molecule has 1 atom stereocenters. The average molecular weight is 339 g/mol. The van der Waals surface area contributed by atoms with Gasteiger partial charge in [0.25, 0.3) is 0 Å². The van der Waals surface area contributed by atoms with Gasteiger partial charge in [-0.3, -0.25) is 4.79 Å². The molecular weight excluding hydrogens is 314 g/mol. The van der Waals surface area contributed by atoms with Crippen LogP contribution in [0.2, 0.25) is 0 Å². The minimum atomic E-state index is -0.0256. The van der Waals surface area contributed by atoms with Crippen molar-refractivity contribution in [3.05, 3.63) is 60.1 Å². The van der Waals surface area contributed by atoms with Crippen molar-refractivity contribution in [3.63, 3.8) is 0 Å². The van der Waals surface area contributed by atoms with Gasteiger partial charge in [0.1, 0.15) is 5.76 Å². The summed E-state index contributed by atoms with van der Waals surface area (Å²) in [6, 6.07) is 14.0. The first-order valence-corrected chi connectivity index (χ1v) is 9.26. The van der Waals surface area contributed by atoms with Gasteiger partial charge in [0.2, 0.25) is 5.91 Å². The fourth-order valence-electron chi connectivity index (χ4n) is 4.17. The fraction of sp³-hybridized carbons (Fsp3) is 0.476. The zero-order chi connectivity index (χ0) is 17.1. The third kappa shape index (κ3) is 3.49. The van der Waals surface area contributed by atoms with Crippen LogP contribution < -0.4 is 0 Å². The first-order valence-electron chi connectivity index (χ1n) is 9.26. The summed E-state index contributed by atoms with van der Waals surface area (Å²) in [7, 11) is 0. The van der Waals surface area contributed by atoms with Gasteiger partial charge in [-0.1, -0.05) is 30.3 Å². The largest absolute Gasteiger partial charge is 0.469 e. The van der Waals surface area contributed by atoms with Gasteiger partial charge in [-0.05, 0) is 43.4 Å². The highest BCUT2D eigenvalue weighted by molar-refractivity contribution is 5.77. The molecule has 0 saturated carbocycles. The smallest absolute Gasteiger partial charge is 0.223 e. The number of ether oxygens (including phenoxy) is 1. The van der Waals surface area contributed by atoms with Crippen LogP contribution in [0.1, 0.15) is 49.3 Å². The number of hydrogen-bond acceptors (Lipinski definition) is 3. The summed E-state index contributed by atoms with van der Waals surface area (Å²) in [4.78, 5) is 14.9. The topological polar surface area (TPSA) is 42.7 Å². The maximum absolute atomic E-state index is 12.9. The van der Waals surface area contributed by atoms with Gasteiger partial charge in [0.05, 0.1) is 17.8 Å². The van der Waals surface area contributed by atoms with Crippen molar-refractivity contribution < 1.29 is 13.9 Å². The number of rotatable bonds is 4. The number of hydrogen-bond donors (Lipinski definition) is 0. The van der Waals surface area contributed by atoms with Gasteiger partial charge >= 0.3 is 0 Å². The molecule has 2 aromatic rings. The summed E-state index contributed by atoms with van der Waals surface area (Å²) in [5.74, 6) is 1.03. The number of carbonyl (C=O) groups excluding carboxylic acids is 1. The summed E-state index contributed by atoms with van der Waals surface area (Å²) >= 11 is 0. The Morgan fingerprint density at radius 2 is 1.88 bits per heavy atom. The van der Waals surface area contributed by atoms with Crippen molar-refractivity contribution in [2.24, 2.45) is 0 Å². The molecule has 1 aromatic heterocycles. The number of carbonyl (C=O) groups is 1. The van der Waals surface area contributed by atoms with Crippen molar-refractivity contribution in [1.29, 1.82) is 0 Å². The highest BCUT2D eigenvalue weighted by Crippen LogP contribution is 2.36. The molecule has 2 saturated heterocycles. The molecule has 0 radical (unpaired) electrons. The molecule has 4 heteroatoms. The standard InChI is InChI=1S/C21H25NO3/c23-20(22-12-10-21(11-13-22)9-5-15-25-21)16-18(19-8-4-14-24-19)17-6-2-1-3-7-17/h1-4,6-8,14,18H,5,9-13,15-16H2/t18-/m0/s1. The lowest BCUT2D eigenvalue weighted by Crippen LogP contribution is -2.46. The van der Waals surface area contributed by atoms with Gasteiger partial charge < -0.3 is 14.1 Å². The Balaban J connectivity index is 1.44. The van der Waals surface area contributed by atoms with E-state index in [1.54, 1.807) is 6.26 Å². The highest BCUT2D eigenvalue weighted by atomic mass is 16.5. The first kappa shape index (κ1) is 16.4. The molecule has 0 N–H and O–H groups in total. The summed E-state index contributed by atoms with van der Waals surface area (Å²) in [5, 5.41) is 0. The van der Waals surface area contributed by atoms with E-state index in [1.807, 2.05) is 35.2 Å². The van der Waals surface area contributed by atoms with Crippen LogP contribution in [-0.4, -0.2) is 36.1 Å². The summed E-state index contributed by atoms with van der Waals surface area (Å²) in [6.45, 7) is 2.49. The van der Waals surface area contributed by atoms with Crippen molar-refractivity contribution in [2.75, 3.05) is 19.7 Å². The van der Waals surface area contributed by atoms with E-state index < -0.39 is 0 Å². The zero-order valence-electron chi connectivity index (χ0n) is 14.5. The van der Waals surface area contributed by atoms with Gasteiger partial charge in [0, 0.05) is 26.1 Å². The highest BCUT2D eigenvalue weighted by Gasteiger charge is 2.39. The molecule has 0 unspecified atom stereocenters. The molecule has 4 rings (SSSR count). The van der Waals surface area contributed by atoms with E-state index in [-0.39, 0.29) is 17.4 Å². The summed E-state index contributed by atoms with van der Waals surface area (Å²) < 4.78 is 11.6. The first-order chi connectivity index (χ1) is 12.3. The summed E-state index contributed by atoms with van der Waals surface area (Å²) in [6.07, 6.45) is 6.37. The lowest BCUT2D eigenvalue weighted by molar-refractivity contribution is -0.136. The van der Waals surface area contributed by atoms with Crippen LogP contribution in [0.25, 0.3) is 0 Å². The van der Waals surface area contributed by atoms with Crippen LogP contribution in [0.5, 0.6) is 0 Å². The van der Waals surface area contributed by atoms with E-state index in [4.69, 9.17) is 9.15 Å². The van der Waals surface area contributed by atoms with E-state index >= 15 is 0 Å². The molecule has 2 aliphatic heterocycles. The van der Waals surface area contributed by atoms with Gasteiger partial charge in [-0.25, -0.2) is 0 Å². The van der Waals surface area contributed by atoms with E-state index in [9.17, 15) is 4.79 Å². The second kappa shape index (κ2) is 7.04. The number of benzene rings is 1. The second-order valence-electron chi connectivity index (χ2n) is 7.20. The third-order valence-electron chi connectivity index (χ3n) is 5.68. The van der Waals surface area contributed by atoms with Crippen molar-refractivity contribution in [2.45, 2.75) is 43.6 Å². The molecular formula is C21H25NO3.